The van der Waals surface area contributed by atoms with Crippen LogP contribution in [0.15, 0.2) is 4.42 Å². The second-order valence-electron chi connectivity index (χ2n) is 4.56. The van der Waals surface area contributed by atoms with Gasteiger partial charge in [-0.3, -0.25) is 0 Å². The van der Waals surface area contributed by atoms with Crippen LogP contribution in [0.4, 0.5) is 0 Å². The maximum absolute atomic E-state index is 5.71. The standard InChI is InChI=1S/C12H24N4O/c1-5-10(7-8-16(4)6-2)12-15-14-11(17-12)9(3)13/h9-10H,5-8,13H2,1-4H3/t9-,10?/m0/s1. The molecule has 0 aliphatic rings. The van der Waals surface area contributed by atoms with E-state index in [9.17, 15) is 0 Å². The number of nitrogens with two attached hydrogens (primary N) is 1. The molecule has 0 saturated carbocycles. The summed E-state index contributed by atoms with van der Waals surface area (Å²) in [5.41, 5.74) is 5.71. The van der Waals surface area contributed by atoms with Crippen molar-refractivity contribution in [3.05, 3.63) is 11.8 Å². The van der Waals surface area contributed by atoms with Crippen molar-refractivity contribution in [2.24, 2.45) is 5.73 Å². The van der Waals surface area contributed by atoms with E-state index in [4.69, 9.17) is 10.2 Å². The molecule has 1 heterocycles. The van der Waals surface area contributed by atoms with E-state index in [-0.39, 0.29) is 6.04 Å². The van der Waals surface area contributed by atoms with Crippen molar-refractivity contribution >= 4 is 0 Å². The normalized spacial score (nSPS) is 15.2. The van der Waals surface area contributed by atoms with E-state index in [1.54, 1.807) is 0 Å². The molecule has 0 aromatic carbocycles. The predicted octanol–water partition coefficient (Wildman–Crippen LogP) is 1.92. The van der Waals surface area contributed by atoms with Gasteiger partial charge in [0.25, 0.3) is 0 Å². The fraction of sp³-hybridized carbons (Fsp3) is 0.833. The van der Waals surface area contributed by atoms with Crippen LogP contribution in [0.2, 0.25) is 0 Å². The summed E-state index contributed by atoms with van der Waals surface area (Å²) in [6.07, 6.45) is 2.06. The summed E-state index contributed by atoms with van der Waals surface area (Å²) in [4.78, 5) is 2.28. The molecule has 0 bridgehead atoms. The fourth-order valence-electron chi connectivity index (χ4n) is 1.63. The van der Waals surface area contributed by atoms with E-state index >= 15 is 0 Å². The van der Waals surface area contributed by atoms with E-state index in [1.165, 1.54) is 0 Å². The van der Waals surface area contributed by atoms with E-state index in [1.807, 2.05) is 6.92 Å². The summed E-state index contributed by atoms with van der Waals surface area (Å²) in [5.74, 6) is 1.59. The number of aromatic nitrogens is 2. The zero-order valence-electron chi connectivity index (χ0n) is 11.3. The van der Waals surface area contributed by atoms with Gasteiger partial charge in [0.2, 0.25) is 11.8 Å². The van der Waals surface area contributed by atoms with Gasteiger partial charge in [0.1, 0.15) is 0 Å². The Morgan fingerprint density at radius 1 is 1.29 bits per heavy atom. The van der Waals surface area contributed by atoms with Crippen molar-refractivity contribution in [3.8, 4) is 0 Å². The van der Waals surface area contributed by atoms with Crippen LogP contribution in [-0.4, -0.2) is 35.2 Å². The predicted molar refractivity (Wildman–Crippen MR) is 67.7 cm³/mol. The second-order valence-corrected chi connectivity index (χ2v) is 4.56. The molecule has 0 aliphatic heterocycles. The quantitative estimate of drug-likeness (QED) is 0.788. The molecule has 0 aliphatic carbocycles. The van der Waals surface area contributed by atoms with Crippen LogP contribution in [0.3, 0.4) is 0 Å². The SMILES string of the molecule is CCC(CCN(C)CC)c1nnc([C@H](C)N)o1. The molecule has 1 rings (SSSR count). The molecule has 1 unspecified atom stereocenters. The first-order valence-electron chi connectivity index (χ1n) is 6.35. The Kier molecular flexibility index (Phi) is 5.58. The van der Waals surface area contributed by atoms with Gasteiger partial charge in [-0.2, -0.15) is 0 Å². The van der Waals surface area contributed by atoms with Gasteiger partial charge in [-0.1, -0.05) is 13.8 Å². The van der Waals surface area contributed by atoms with Crippen LogP contribution >= 0.6 is 0 Å². The molecule has 0 amide bonds. The Morgan fingerprint density at radius 2 is 1.94 bits per heavy atom. The average Bonchev–Trinajstić information content (AvgIpc) is 2.79. The summed E-state index contributed by atoms with van der Waals surface area (Å²) in [5, 5.41) is 8.07. The molecule has 1 aromatic heterocycles. The largest absolute Gasteiger partial charge is 0.423 e. The minimum Gasteiger partial charge on any atom is -0.423 e. The second kappa shape index (κ2) is 6.71. The summed E-state index contributed by atoms with van der Waals surface area (Å²) in [7, 11) is 2.12. The van der Waals surface area contributed by atoms with Crippen molar-refractivity contribution in [2.75, 3.05) is 20.1 Å². The minimum absolute atomic E-state index is 0.188. The number of hydrogen-bond donors (Lipinski definition) is 1. The third kappa shape index (κ3) is 4.09. The monoisotopic (exact) mass is 240 g/mol. The molecule has 0 saturated heterocycles. The summed E-state index contributed by atoms with van der Waals surface area (Å²) in [6.45, 7) is 8.26. The van der Waals surface area contributed by atoms with Gasteiger partial charge in [0, 0.05) is 5.92 Å². The Hall–Kier alpha value is -0.940. The molecule has 0 spiro atoms. The first-order valence-corrected chi connectivity index (χ1v) is 6.35. The maximum atomic E-state index is 5.71. The van der Waals surface area contributed by atoms with Crippen LogP contribution in [-0.2, 0) is 0 Å². The lowest BCUT2D eigenvalue weighted by Crippen LogP contribution is -2.20. The average molecular weight is 240 g/mol. The number of hydrogen-bond acceptors (Lipinski definition) is 5. The van der Waals surface area contributed by atoms with Gasteiger partial charge in [-0.25, -0.2) is 0 Å². The summed E-state index contributed by atoms with van der Waals surface area (Å²) >= 11 is 0. The molecule has 2 N–H and O–H groups in total. The zero-order valence-corrected chi connectivity index (χ0v) is 11.3. The first-order chi connectivity index (χ1) is 8.08. The Bertz CT molecular complexity index is 324. The Morgan fingerprint density at radius 3 is 2.41 bits per heavy atom. The van der Waals surface area contributed by atoms with Crippen LogP contribution in [0.25, 0.3) is 0 Å². The molecule has 2 atom stereocenters. The summed E-state index contributed by atoms with van der Waals surface area (Å²) in [6, 6.07) is -0.188. The first kappa shape index (κ1) is 14.1. The molecule has 17 heavy (non-hydrogen) atoms. The summed E-state index contributed by atoms with van der Waals surface area (Å²) < 4.78 is 5.60. The van der Waals surface area contributed by atoms with Crippen LogP contribution in [0.1, 0.15) is 57.4 Å². The Labute approximate surface area is 103 Å². The van der Waals surface area contributed by atoms with Crippen molar-refractivity contribution in [1.82, 2.24) is 15.1 Å². The highest BCUT2D eigenvalue weighted by atomic mass is 16.4. The van der Waals surface area contributed by atoms with Gasteiger partial charge in [-0.15, -0.1) is 10.2 Å². The van der Waals surface area contributed by atoms with Crippen molar-refractivity contribution in [2.45, 2.75) is 45.6 Å². The highest BCUT2D eigenvalue weighted by Gasteiger charge is 2.18. The molecule has 1 aromatic rings. The van der Waals surface area contributed by atoms with Gasteiger partial charge in [-0.05, 0) is 39.9 Å². The van der Waals surface area contributed by atoms with Crippen molar-refractivity contribution in [1.29, 1.82) is 0 Å². The molecule has 5 nitrogen and oxygen atoms in total. The topological polar surface area (TPSA) is 68.2 Å². The smallest absolute Gasteiger partial charge is 0.232 e. The molecule has 98 valence electrons. The van der Waals surface area contributed by atoms with E-state index in [0.717, 1.165) is 31.8 Å². The molecular weight excluding hydrogens is 216 g/mol. The molecular formula is C12H24N4O. The van der Waals surface area contributed by atoms with Gasteiger partial charge < -0.3 is 15.1 Å². The third-order valence-corrected chi connectivity index (χ3v) is 3.09. The van der Waals surface area contributed by atoms with E-state index in [0.29, 0.717) is 11.8 Å². The highest BCUT2D eigenvalue weighted by molar-refractivity contribution is 4.93. The van der Waals surface area contributed by atoms with Gasteiger partial charge in [0.15, 0.2) is 0 Å². The third-order valence-electron chi connectivity index (χ3n) is 3.09. The number of nitrogens with zero attached hydrogens (tertiary/aromatic N) is 3. The number of rotatable bonds is 7. The zero-order chi connectivity index (χ0) is 12.8. The van der Waals surface area contributed by atoms with Crippen LogP contribution in [0.5, 0.6) is 0 Å². The fourth-order valence-corrected chi connectivity index (χ4v) is 1.63. The highest BCUT2D eigenvalue weighted by Crippen LogP contribution is 2.23. The van der Waals surface area contributed by atoms with Gasteiger partial charge in [0.05, 0.1) is 6.04 Å². The lowest BCUT2D eigenvalue weighted by Gasteiger charge is -2.17. The van der Waals surface area contributed by atoms with Crippen molar-refractivity contribution in [3.63, 3.8) is 0 Å². The van der Waals surface area contributed by atoms with Crippen molar-refractivity contribution < 1.29 is 4.42 Å². The maximum Gasteiger partial charge on any atom is 0.232 e. The lowest BCUT2D eigenvalue weighted by atomic mass is 10.0. The lowest BCUT2D eigenvalue weighted by molar-refractivity contribution is 0.311. The van der Waals surface area contributed by atoms with E-state index < -0.39 is 0 Å². The van der Waals surface area contributed by atoms with Crippen LogP contribution < -0.4 is 5.73 Å². The molecule has 0 fully saturated rings. The van der Waals surface area contributed by atoms with E-state index in [2.05, 4.69) is 36.0 Å². The minimum atomic E-state index is -0.188. The Balaban J connectivity index is 2.59. The van der Waals surface area contributed by atoms with Gasteiger partial charge >= 0.3 is 0 Å². The van der Waals surface area contributed by atoms with Crippen LogP contribution in [0, 0.1) is 0 Å². The molecule has 5 heteroatoms. The molecule has 0 radical (unpaired) electrons.